The molecule has 1 aromatic carbocycles. The molecule has 38 heavy (non-hydrogen) atoms. The summed E-state index contributed by atoms with van der Waals surface area (Å²) in [6, 6.07) is 3.49. The summed E-state index contributed by atoms with van der Waals surface area (Å²) in [6.07, 6.45) is 2.39. The molecule has 10 nitrogen and oxygen atoms in total. The summed E-state index contributed by atoms with van der Waals surface area (Å²) >= 11 is 0. The lowest BCUT2D eigenvalue weighted by molar-refractivity contribution is -0.118. The quantitative estimate of drug-likeness (QED) is 0.529. The van der Waals surface area contributed by atoms with E-state index in [1.54, 1.807) is 13.8 Å². The van der Waals surface area contributed by atoms with Crippen LogP contribution in [-0.4, -0.2) is 62.0 Å². The van der Waals surface area contributed by atoms with Gasteiger partial charge in [-0.15, -0.1) is 0 Å². The number of hydrazone groups is 1. The van der Waals surface area contributed by atoms with Crippen LogP contribution in [0.1, 0.15) is 29.4 Å². The van der Waals surface area contributed by atoms with E-state index in [1.807, 2.05) is 0 Å². The Kier molecular flexibility index (Phi) is 6.51. The third kappa shape index (κ3) is 4.78. The maximum atomic E-state index is 14.6. The second-order valence-electron chi connectivity index (χ2n) is 9.19. The molecule has 1 atom stereocenters. The van der Waals surface area contributed by atoms with Gasteiger partial charge >= 0.3 is 6.03 Å². The van der Waals surface area contributed by atoms with Crippen LogP contribution >= 0.6 is 0 Å². The normalized spacial score (nSPS) is 17.1. The van der Waals surface area contributed by atoms with E-state index in [2.05, 4.69) is 15.2 Å². The number of ether oxygens (including phenoxy) is 1. The summed E-state index contributed by atoms with van der Waals surface area (Å²) in [5.41, 5.74) is 7.86. The fraction of sp³-hybridized carbons (Fsp3) is 0.320. The third-order valence-electron chi connectivity index (χ3n) is 6.47. The van der Waals surface area contributed by atoms with Gasteiger partial charge in [0.15, 0.2) is 11.6 Å². The van der Waals surface area contributed by atoms with Crippen molar-refractivity contribution in [2.75, 3.05) is 13.1 Å². The minimum Gasteiger partial charge on any atom is -0.483 e. The number of aromatic nitrogens is 3. The lowest BCUT2D eigenvalue weighted by atomic mass is 10.0. The van der Waals surface area contributed by atoms with E-state index < -0.39 is 41.5 Å². The number of halogens is 3. The molecule has 0 unspecified atom stereocenters. The maximum absolute atomic E-state index is 14.6. The Morgan fingerprint density at radius 3 is 2.50 bits per heavy atom. The molecule has 0 aliphatic carbocycles. The van der Waals surface area contributed by atoms with Gasteiger partial charge in [-0.3, -0.25) is 14.5 Å². The van der Waals surface area contributed by atoms with Gasteiger partial charge in [0.2, 0.25) is 5.91 Å². The van der Waals surface area contributed by atoms with Crippen LogP contribution in [0.4, 0.5) is 18.0 Å². The van der Waals surface area contributed by atoms with Gasteiger partial charge in [-0.1, -0.05) is 0 Å². The Morgan fingerprint density at radius 2 is 1.82 bits per heavy atom. The van der Waals surface area contributed by atoms with Crippen molar-refractivity contribution in [3.8, 4) is 17.0 Å². The van der Waals surface area contributed by atoms with Gasteiger partial charge in [-0.05, 0) is 31.5 Å². The molecular weight excluding hydrogens is 503 g/mol. The van der Waals surface area contributed by atoms with Crippen LogP contribution in [-0.2, 0) is 11.3 Å². The van der Waals surface area contributed by atoms with E-state index >= 15 is 0 Å². The molecule has 2 aliphatic heterocycles. The lowest BCUT2D eigenvalue weighted by Gasteiger charge is -2.41. The first-order valence-corrected chi connectivity index (χ1v) is 11.8. The zero-order valence-corrected chi connectivity index (χ0v) is 20.6. The monoisotopic (exact) mass is 527 g/mol. The first-order chi connectivity index (χ1) is 18.1. The topological polar surface area (TPSA) is 119 Å². The number of carbonyl (C=O) groups is 2. The molecule has 4 heterocycles. The van der Waals surface area contributed by atoms with Gasteiger partial charge in [-0.25, -0.2) is 23.0 Å². The number of carbonyl (C=O) groups excluding carboxylic acids is 2. The Hall–Kier alpha value is -4.42. The smallest absolute Gasteiger partial charge is 0.341 e. The van der Waals surface area contributed by atoms with Crippen molar-refractivity contribution in [1.29, 1.82) is 0 Å². The Labute approximate surface area is 215 Å². The van der Waals surface area contributed by atoms with Crippen LogP contribution in [0.2, 0.25) is 0 Å². The molecule has 5 rings (SSSR count). The van der Waals surface area contributed by atoms with Crippen molar-refractivity contribution >= 4 is 18.2 Å². The molecule has 1 fully saturated rings. The van der Waals surface area contributed by atoms with Crippen LogP contribution in [0.3, 0.4) is 0 Å². The van der Waals surface area contributed by atoms with Crippen molar-refractivity contribution in [2.45, 2.75) is 39.0 Å². The fourth-order valence-corrected chi connectivity index (χ4v) is 4.65. The highest BCUT2D eigenvalue weighted by Gasteiger charge is 2.39. The number of aryl methyl sites for hydroxylation is 1. The van der Waals surface area contributed by atoms with Gasteiger partial charge in [0.1, 0.15) is 24.3 Å². The molecule has 13 heteroatoms. The largest absolute Gasteiger partial charge is 0.483 e. The highest BCUT2D eigenvalue weighted by atomic mass is 19.1. The van der Waals surface area contributed by atoms with Gasteiger partial charge in [0.05, 0.1) is 36.7 Å². The second kappa shape index (κ2) is 9.80. The Morgan fingerprint density at radius 1 is 1.11 bits per heavy atom. The van der Waals surface area contributed by atoms with Gasteiger partial charge < -0.3 is 15.4 Å². The standard InChI is InChI=1S/C25H24F3N7O3/c1-13-24(14(2)34(32-13)12-23(29)36)20-8-22(19(28)9-30-20)38-18-10-33(11-18)25(37)35-21(3-4-31-35)15-5-16(26)7-17(27)6-15/h4-9,18,21H,3,10-12H2,1-2H3,(H2,29,36)/t21-/m0/s1. The molecular formula is C25H24F3N7O3. The minimum atomic E-state index is -0.735. The molecule has 0 bridgehead atoms. The van der Waals surface area contributed by atoms with Gasteiger partial charge in [0.25, 0.3) is 0 Å². The molecule has 198 valence electrons. The summed E-state index contributed by atoms with van der Waals surface area (Å²) in [4.78, 5) is 29.9. The summed E-state index contributed by atoms with van der Waals surface area (Å²) in [5.74, 6) is -2.73. The minimum absolute atomic E-state index is 0.0409. The van der Waals surface area contributed by atoms with Crippen molar-refractivity contribution < 1.29 is 27.5 Å². The molecule has 0 radical (unpaired) electrons. The number of likely N-dealkylation sites (tertiary alicyclic amines) is 1. The second-order valence-corrected chi connectivity index (χ2v) is 9.19. The van der Waals surface area contributed by atoms with Crippen molar-refractivity contribution in [2.24, 2.45) is 10.8 Å². The third-order valence-corrected chi connectivity index (χ3v) is 6.47. The predicted molar refractivity (Wildman–Crippen MR) is 130 cm³/mol. The number of urea groups is 1. The molecule has 2 aromatic heterocycles. The van der Waals surface area contributed by atoms with E-state index in [-0.39, 0.29) is 25.4 Å². The zero-order valence-electron chi connectivity index (χ0n) is 20.6. The van der Waals surface area contributed by atoms with Crippen LogP contribution < -0.4 is 10.5 Å². The highest BCUT2D eigenvalue weighted by molar-refractivity contribution is 5.79. The Bertz CT molecular complexity index is 1430. The van der Waals surface area contributed by atoms with E-state index in [4.69, 9.17) is 10.5 Å². The Balaban J connectivity index is 1.26. The van der Waals surface area contributed by atoms with Crippen molar-refractivity contribution in [3.63, 3.8) is 0 Å². The van der Waals surface area contributed by atoms with Gasteiger partial charge in [-0.2, -0.15) is 10.2 Å². The van der Waals surface area contributed by atoms with Crippen LogP contribution in [0.25, 0.3) is 11.3 Å². The molecule has 3 aromatic rings. The highest BCUT2D eigenvalue weighted by Crippen LogP contribution is 2.33. The van der Waals surface area contributed by atoms with Crippen molar-refractivity contribution in [1.82, 2.24) is 24.7 Å². The first-order valence-electron chi connectivity index (χ1n) is 11.8. The number of primary amides is 1. The molecule has 0 saturated carbocycles. The molecule has 2 N–H and O–H groups in total. The van der Waals surface area contributed by atoms with Gasteiger partial charge in [0, 0.05) is 36.0 Å². The molecule has 2 aliphatic rings. The predicted octanol–water partition coefficient (Wildman–Crippen LogP) is 3.08. The summed E-state index contributed by atoms with van der Waals surface area (Å²) in [6.45, 7) is 3.74. The SMILES string of the molecule is Cc1nn(CC(N)=O)c(C)c1-c1cc(OC2CN(C(=O)N3N=CC[C@H]3c3cc(F)cc(F)c3)C2)c(F)cn1. The lowest BCUT2D eigenvalue weighted by Crippen LogP contribution is -2.58. The number of amides is 3. The van der Waals surface area contributed by atoms with Crippen LogP contribution in [0.15, 0.2) is 35.6 Å². The first kappa shape index (κ1) is 25.2. The van der Waals surface area contributed by atoms with E-state index in [9.17, 15) is 22.8 Å². The maximum Gasteiger partial charge on any atom is 0.341 e. The van der Waals surface area contributed by atoms with Crippen LogP contribution in [0, 0.1) is 31.3 Å². The molecule has 0 spiro atoms. The number of benzene rings is 1. The fourth-order valence-electron chi connectivity index (χ4n) is 4.65. The number of hydrogen-bond acceptors (Lipinski definition) is 6. The summed E-state index contributed by atoms with van der Waals surface area (Å²) in [7, 11) is 0. The van der Waals surface area contributed by atoms with Crippen LogP contribution in [0.5, 0.6) is 5.75 Å². The number of rotatable bonds is 6. The number of hydrogen-bond donors (Lipinski definition) is 1. The zero-order chi connectivity index (χ0) is 27.1. The number of pyridine rings is 1. The van der Waals surface area contributed by atoms with E-state index in [1.165, 1.54) is 39.0 Å². The molecule has 1 saturated heterocycles. The van der Waals surface area contributed by atoms with Crippen molar-refractivity contribution in [3.05, 3.63) is 64.9 Å². The van der Waals surface area contributed by atoms with E-state index in [0.717, 1.165) is 12.3 Å². The van der Waals surface area contributed by atoms with E-state index in [0.29, 0.717) is 34.6 Å². The summed E-state index contributed by atoms with van der Waals surface area (Å²) in [5, 5.41) is 9.58. The average molecular weight is 528 g/mol. The average Bonchev–Trinajstić information content (AvgIpc) is 3.41. The number of nitrogens with zero attached hydrogens (tertiary/aromatic N) is 6. The number of nitrogens with two attached hydrogens (primary N) is 1. The summed E-state index contributed by atoms with van der Waals surface area (Å²) < 4.78 is 49.2. The molecule has 3 amide bonds.